The summed E-state index contributed by atoms with van der Waals surface area (Å²) < 4.78 is 5.85. The standard InChI is InChI=1S/C15H22N2O/c1-12-10-16-7-6-14(12)17-8-9-18-15-5-3-2-4-13(15)11-17/h2-5,12,14,16H,6-11H2,1H3. The molecule has 98 valence electrons. The van der Waals surface area contributed by atoms with E-state index >= 15 is 0 Å². The molecule has 0 saturated carbocycles. The molecule has 1 saturated heterocycles. The van der Waals surface area contributed by atoms with Crippen LogP contribution in [0.4, 0.5) is 0 Å². The van der Waals surface area contributed by atoms with Crippen LogP contribution in [0, 0.1) is 5.92 Å². The number of hydrogen-bond donors (Lipinski definition) is 1. The van der Waals surface area contributed by atoms with E-state index in [4.69, 9.17) is 4.74 Å². The second kappa shape index (κ2) is 5.29. The highest BCUT2D eigenvalue weighted by molar-refractivity contribution is 5.33. The fraction of sp³-hybridized carbons (Fsp3) is 0.600. The van der Waals surface area contributed by atoms with E-state index in [0.29, 0.717) is 6.04 Å². The van der Waals surface area contributed by atoms with Gasteiger partial charge in [0.05, 0.1) is 0 Å². The molecule has 2 unspecified atom stereocenters. The predicted octanol–water partition coefficient (Wildman–Crippen LogP) is 1.88. The average Bonchev–Trinajstić information content (AvgIpc) is 2.61. The number of fused-ring (bicyclic) bond motifs is 1. The summed E-state index contributed by atoms with van der Waals surface area (Å²) in [6.45, 7) is 7.54. The summed E-state index contributed by atoms with van der Waals surface area (Å²) in [5.74, 6) is 1.80. The van der Waals surface area contributed by atoms with Crippen LogP contribution in [-0.2, 0) is 6.54 Å². The smallest absolute Gasteiger partial charge is 0.123 e. The molecule has 2 atom stereocenters. The molecule has 2 heterocycles. The van der Waals surface area contributed by atoms with E-state index in [1.165, 1.54) is 12.0 Å². The van der Waals surface area contributed by atoms with Crippen molar-refractivity contribution in [1.82, 2.24) is 10.2 Å². The SMILES string of the molecule is CC1CNCCC1N1CCOc2ccccc2C1. The van der Waals surface area contributed by atoms with Crippen molar-refractivity contribution in [1.29, 1.82) is 0 Å². The van der Waals surface area contributed by atoms with Gasteiger partial charge >= 0.3 is 0 Å². The molecule has 1 aromatic rings. The summed E-state index contributed by atoms with van der Waals surface area (Å²) in [6.07, 6.45) is 1.25. The molecule has 1 aromatic carbocycles. The van der Waals surface area contributed by atoms with Gasteiger partial charge < -0.3 is 10.1 Å². The lowest BCUT2D eigenvalue weighted by molar-refractivity contribution is 0.105. The first-order valence-corrected chi connectivity index (χ1v) is 7.00. The average molecular weight is 246 g/mol. The van der Waals surface area contributed by atoms with Crippen molar-refractivity contribution >= 4 is 0 Å². The predicted molar refractivity (Wildman–Crippen MR) is 72.8 cm³/mol. The number of piperidine rings is 1. The molecule has 3 heteroatoms. The monoisotopic (exact) mass is 246 g/mol. The molecule has 0 bridgehead atoms. The normalized spacial score (nSPS) is 29.2. The number of rotatable bonds is 1. The van der Waals surface area contributed by atoms with Gasteiger partial charge in [-0.05, 0) is 31.5 Å². The highest BCUT2D eigenvalue weighted by atomic mass is 16.5. The quantitative estimate of drug-likeness (QED) is 0.819. The van der Waals surface area contributed by atoms with Gasteiger partial charge in [-0.3, -0.25) is 4.90 Å². The minimum atomic E-state index is 0.695. The lowest BCUT2D eigenvalue weighted by Gasteiger charge is -2.38. The van der Waals surface area contributed by atoms with Crippen LogP contribution in [0.1, 0.15) is 18.9 Å². The van der Waals surface area contributed by atoms with Gasteiger partial charge in [0.15, 0.2) is 0 Å². The van der Waals surface area contributed by atoms with Crippen molar-refractivity contribution in [3.05, 3.63) is 29.8 Å². The Morgan fingerprint density at radius 1 is 1.33 bits per heavy atom. The molecule has 0 aliphatic carbocycles. The molecule has 1 N–H and O–H groups in total. The van der Waals surface area contributed by atoms with Gasteiger partial charge in [0.2, 0.25) is 0 Å². The van der Waals surface area contributed by atoms with E-state index in [1.54, 1.807) is 0 Å². The summed E-state index contributed by atoms with van der Waals surface area (Å²) in [4.78, 5) is 2.61. The number of nitrogens with one attached hydrogen (secondary N) is 1. The summed E-state index contributed by atoms with van der Waals surface area (Å²) in [5, 5.41) is 3.48. The molecule has 2 aliphatic rings. The molecule has 1 fully saturated rings. The number of ether oxygens (including phenoxy) is 1. The van der Waals surface area contributed by atoms with Crippen LogP contribution in [0.3, 0.4) is 0 Å². The van der Waals surface area contributed by atoms with Crippen LogP contribution >= 0.6 is 0 Å². The van der Waals surface area contributed by atoms with Gasteiger partial charge in [-0.1, -0.05) is 25.1 Å². The van der Waals surface area contributed by atoms with E-state index in [9.17, 15) is 0 Å². The number of nitrogens with zero attached hydrogens (tertiary/aromatic N) is 1. The highest BCUT2D eigenvalue weighted by Crippen LogP contribution is 2.26. The van der Waals surface area contributed by atoms with E-state index in [-0.39, 0.29) is 0 Å². The molecule has 3 nitrogen and oxygen atoms in total. The molecule has 0 amide bonds. The van der Waals surface area contributed by atoms with E-state index < -0.39 is 0 Å². The molecular formula is C15H22N2O. The van der Waals surface area contributed by atoms with Gasteiger partial charge in [0.25, 0.3) is 0 Å². The van der Waals surface area contributed by atoms with Gasteiger partial charge in [0.1, 0.15) is 12.4 Å². The van der Waals surface area contributed by atoms with Crippen molar-refractivity contribution in [3.63, 3.8) is 0 Å². The maximum atomic E-state index is 5.85. The van der Waals surface area contributed by atoms with Crippen LogP contribution in [0.25, 0.3) is 0 Å². The molecule has 3 rings (SSSR count). The molecule has 0 radical (unpaired) electrons. The third-order valence-corrected chi connectivity index (χ3v) is 4.19. The van der Waals surface area contributed by atoms with Crippen molar-refractivity contribution in [3.8, 4) is 5.75 Å². The lowest BCUT2D eigenvalue weighted by Crippen LogP contribution is -2.48. The first kappa shape index (κ1) is 12.0. The van der Waals surface area contributed by atoms with Gasteiger partial charge in [-0.25, -0.2) is 0 Å². The summed E-state index contributed by atoms with van der Waals surface area (Å²) >= 11 is 0. The zero-order valence-electron chi connectivity index (χ0n) is 11.1. The van der Waals surface area contributed by atoms with Crippen LogP contribution in [0.2, 0.25) is 0 Å². The van der Waals surface area contributed by atoms with Crippen molar-refractivity contribution in [2.45, 2.75) is 25.9 Å². The molecule has 0 spiro atoms. The summed E-state index contributed by atoms with van der Waals surface area (Å²) in [5.41, 5.74) is 1.33. The lowest BCUT2D eigenvalue weighted by atomic mass is 9.93. The Labute approximate surface area is 109 Å². The first-order chi connectivity index (χ1) is 8.84. The minimum Gasteiger partial charge on any atom is -0.492 e. The molecule has 2 aliphatic heterocycles. The Bertz CT molecular complexity index is 407. The Hall–Kier alpha value is -1.06. The fourth-order valence-corrected chi connectivity index (χ4v) is 3.17. The molecule has 0 aromatic heterocycles. The molecule has 18 heavy (non-hydrogen) atoms. The van der Waals surface area contributed by atoms with Crippen LogP contribution < -0.4 is 10.1 Å². The second-order valence-electron chi connectivity index (χ2n) is 5.46. The van der Waals surface area contributed by atoms with Crippen LogP contribution in [-0.4, -0.2) is 37.2 Å². The largest absolute Gasteiger partial charge is 0.492 e. The van der Waals surface area contributed by atoms with Crippen molar-refractivity contribution in [2.75, 3.05) is 26.2 Å². The Morgan fingerprint density at radius 3 is 3.11 bits per heavy atom. The zero-order valence-corrected chi connectivity index (χ0v) is 11.1. The zero-order chi connectivity index (χ0) is 12.4. The molecular weight excluding hydrogens is 224 g/mol. The maximum absolute atomic E-state index is 5.85. The first-order valence-electron chi connectivity index (χ1n) is 7.00. The van der Waals surface area contributed by atoms with Crippen LogP contribution in [0.15, 0.2) is 24.3 Å². The Kier molecular flexibility index (Phi) is 3.52. The number of benzene rings is 1. The number of para-hydroxylation sites is 1. The summed E-state index contributed by atoms with van der Waals surface area (Å²) in [6, 6.07) is 9.14. The maximum Gasteiger partial charge on any atom is 0.123 e. The van der Waals surface area contributed by atoms with E-state index in [2.05, 4.69) is 41.4 Å². The fourth-order valence-electron chi connectivity index (χ4n) is 3.17. The van der Waals surface area contributed by atoms with E-state index in [1.807, 2.05) is 0 Å². The third kappa shape index (κ3) is 2.38. The Morgan fingerprint density at radius 2 is 2.22 bits per heavy atom. The third-order valence-electron chi connectivity index (χ3n) is 4.19. The van der Waals surface area contributed by atoms with Crippen molar-refractivity contribution in [2.24, 2.45) is 5.92 Å². The summed E-state index contributed by atoms with van der Waals surface area (Å²) in [7, 11) is 0. The second-order valence-corrected chi connectivity index (χ2v) is 5.46. The van der Waals surface area contributed by atoms with Crippen molar-refractivity contribution < 1.29 is 4.74 Å². The van der Waals surface area contributed by atoms with Crippen LogP contribution in [0.5, 0.6) is 5.75 Å². The van der Waals surface area contributed by atoms with Gasteiger partial charge in [-0.15, -0.1) is 0 Å². The van der Waals surface area contributed by atoms with Gasteiger partial charge in [-0.2, -0.15) is 0 Å². The highest BCUT2D eigenvalue weighted by Gasteiger charge is 2.28. The number of hydrogen-bond acceptors (Lipinski definition) is 3. The minimum absolute atomic E-state index is 0.695. The van der Waals surface area contributed by atoms with E-state index in [0.717, 1.165) is 44.5 Å². The van der Waals surface area contributed by atoms with Gasteiger partial charge in [0, 0.05) is 24.7 Å². The Balaban J connectivity index is 1.78. The topological polar surface area (TPSA) is 24.5 Å².